The van der Waals surface area contributed by atoms with Crippen LogP contribution in [0.4, 0.5) is 0 Å². The van der Waals surface area contributed by atoms with Gasteiger partial charge in [-0.3, -0.25) is 4.79 Å². The van der Waals surface area contributed by atoms with Crippen LogP contribution in [0.1, 0.15) is 28.2 Å². The highest BCUT2D eigenvalue weighted by atomic mass is 35.5. The van der Waals surface area contributed by atoms with Gasteiger partial charge in [0.1, 0.15) is 4.83 Å². The minimum absolute atomic E-state index is 0.0614. The third kappa shape index (κ3) is 3.05. The fourth-order valence-corrected chi connectivity index (χ4v) is 4.35. The van der Waals surface area contributed by atoms with Gasteiger partial charge in [0.25, 0.3) is 5.91 Å². The number of hydrogen-bond acceptors (Lipinski definition) is 4. The van der Waals surface area contributed by atoms with E-state index in [1.54, 1.807) is 0 Å². The molecule has 0 spiro atoms. The molecule has 0 saturated heterocycles. The van der Waals surface area contributed by atoms with Crippen LogP contribution in [-0.4, -0.2) is 28.3 Å². The zero-order valence-corrected chi connectivity index (χ0v) is 15.4. The molecule has 1 unspecified atom stereocenters. The lowest BCUT2D eigenvalue weighted by molar-refractivity contribution is 0.0937. The van der Waals surface area contributed by atoms with E-state index in [-0.39, 0.29) is 11.9 Å². The molecule has 3 aromatic rings. The molecule has 0 bridgehead atoms. The average molecular weight is 375 g/mol. The maximum absolute atomic E-state index is 12.6. The Morgan fingerprint density at radius 3 is 2.92 bits per heavy atom. The van der Waals surface area contributed by atoms with Crippen molar-refractivity contribution in [2.24, 2.45) is 11.7 Å². The van der Waals surface area contributed by atoms with Crippen molar-refractivity contribution in [3.63, 3.8) is 0 Å². The van der Waals surface area contributed by atoms with Gasteiger partial charge in [0.15, 0.2) is 0 Å². The van der Waals surface area contributed by atoms with Crippen molar-refractivity contribution in [3.8, 4) is 5.69 Å². The van der Waals surface area contributed by atoms with Gasteiger partial charge in [-0.15, -0.1) is 11.3 Å². The van der Waals surface area contributed by atoms with Crippen molar-refractivity contribution in [2.75, 3.05) is 6.54 Å². The van der Waals surface area contributed by atoms with Gasteiger partial charge in [-0.05, 0) is 43.9 Å². The summed E-state index contributed by atoms with van der Waals surface area (Å²) >= 11 is 7.75. The summed E-state index contributed by atoms with van der Waals surface area (Å²) in [5.74, 6) is 0.470. The largest absolute Gasteiger partial charge is 0.347 e. The lowest BCUT2D eigenvalue weighted by Gasteiger charge is -2.15. The number of benzene rings is 1. The monoisotopic (exact) mass is 374 g/mol. The van der Waals surface area contributed by atoms with Crippen LogP contribution in [0, 0.1) is 12.8 Å². The van der Waals surface area contributed by atoms with E-state index in [4.69, 9.17) is 17.3 Å². The van der Waals surface area contributed by atoms with E-state index in [2.05, 4.69) is 10.4 Å². The predicted molar refractivity (Wildman–Crippen MR) is 102 cm³/mol. The summed E-state index contributed by atoms with van der Waals surface area (Å²) in [4.78, 5) is 14.2. The average Bonchev–Trinajstić information content (AvgIpc) is 3.27. The Morgan fingerprint density at radius 2 is 2.24 bits per heavy atom. The van der Waals surface area contributed by atoms with E-state index in [1.165, 1.54) is 11.3 Å². The molecule has 1 amide bonds. The molecule has 2 heterocycles. The summed E-state index contributed by atoms with van der Waals surface area (Å²) in [6.07, 6.45) is 2.30. The molecule has 3 N–H and O–H groups in total. The van der Waals surface area contributed by atoms with Crippen LogP contribution in [0.3, 0.4) is 0 Å². The molecule has 1 aliphatic rings. The highest BCUT2D eigenvalue weighted by molar-refractivity contribution is 7.20. The molecule has 0 aliphatic heterocycles. The second kappa shape index (κ2) is 6.44. The molecule has 4 rings (SSSR count). The van der Waals surface area contributed by atoms with Crippen molar-refractivity contribution in [1.82, 2.24) is 15.1 Å². The van der Waals surface area contributed by atoms with Gasteiger partial charge in [-0.25, -0.2) is 4.68 Å². The Balaban J connectivity index is 1.70. The summed E-state index contributed by atoms with van der Waals surface area (Å²) in [7, 11) is 0. The van der Waals surface area contributed by atoms with E-state index < -0.39 is 0 Å². The van der Waals surface area contributed by atoms with Crippen LogP contribution in [0.2, 0.25) is 5.02 Å². The van der Waals surface area contributed by atoms with Gasteiger partial charge in [0.2, 0.25) is 0 Å². The molecule has 1 aromatic carbocycles. The number of halogens is 1. The van der Waals surface area contributed by atoms with Crippen molar-refractivity contribution < 1.29 is 4.79 Å². The first-order valence-corrected chi connectivity index (χ1v) is 9.53. The van der Waals surface area contributed by atoms with Crippen LogP contribution in [0.15, 0.2) is 30.3 Å². The molecule has 1 fully saturated rings. The first kappa shape index (κ1) is 16.6. The Hall–Kier alpha value is -1.89. The molecule has 1 aliphatic carbocycles. The quantitative estimate of drug-likeness (QED) is 0.717. The maximum Gasteiger partial charge on any atom is 0.261 e. The van der Waals surface area contributed by atoms with Crippen LogP contribution in [-0.2, 0) is 0 Å². The number of fused-ring (bicyclic) bond motifs is 1. The highest BCUT2D eigenvalue weighted by Crippen LogP contribution is 2.34. The Labute approximate surface area is 154 Å². The van der Waals surface area contributed by atoms with Gasteiger partial charge < -0.3 is 11.1 Å². The number of nitrogens with one attached hydrogen (secondary N) is 1. The topological polar surface area (TPSA) is 72.9 Å². The molecule has 1 atom stereocenters. The first-order valence-electron chi connectivity index (χ1n) is 8.33. The number of nitrogens with zero attached hydrogens (tertiary/aromatic N) is 2. The number of nitrogens with two attached hydrogens (primary N) is 1. The molecule has 0 radical (unpaired) electrons. The second-order valence-electron chi connectivity index (χ2n) is 6.43. The number of para-hydroxylation sites is 1. The van der Waals surface area contributed by atoms with Crippen LogP contribution in [0.5, 0.6) is 0 Å². The third-order valence-electron chi connectivity index (χ3n) is 4.61. The Morgan fingerprint density at radius 1 is 1.48 bits per heavy atom. The summed E-state index contributed by atoms with van der Waals surface area (Å²) in [6.45, 7) is 2.42. The summed E-state index contributed by atoms with van der Waals surface area (Å²) in [6, 6.07) is 9.54. The zero-order chi connectivity index (χ0) is 17.6. The summed E-state index contributed by atoms with van der Waals surface area (Å²) in [5.41, 5.74) is 7.49. The number of carbonyl (C=O) groups is 1. The lowest BCUT2D eigenvalue weighted by Crippen LogP contribution is -2.41. The Bertz CT molecular complexity index is 944. The number of carbonyl (C=O) groups excluding carboxylic acids is 1. The van der Waals surface area contributed by atoms with Crippen molar-refractivity contribution in [1.29, 1.82) is 0 Å². The first-order chi connectivity index (χ1) is 12.1. The van der Waals surface area contributed by atoms with Gasteiger partial charge in [-0.1, -0.05) is 23.7 Å². The van der Waals surface area contributed by atoms with Crippen molar-refractivity contribution in [2.45, 2.75) is 25.8 Å². The smallest absolute Gasteiger partial charge is 0.261 e. The number of amides is 1. The SMILES string of the molecule is Cc1nn(-c2ccccc2Cl)c2sc(C(=O)NC(CN)C3CC3)cc12. The fraction of sp³-hybridized carbons (Fsp3) is 0.333. The van der Waals surface area contributed by atoms with Crippen molar-refractivity contribution in [3.05, 3.63) is 45.9 Å². The van der Waals surface area contributed by atoms with Gasteiger partial charge >= 0.3 is 0 Å². The second-order valence-corrected chi connectivity index (χ2v) is 7.87. The Kier molecular flexibility index (Phi) is 4.27. The normalized spacial score (nSPS) is 15.5. The van der Waals surface area contributed by atoms with Gasteiger partial charge in [0, 0.05) is 18.0 Å². The number of aryl methyl sites for hydroxylation is 1. The number of aromatic nitrogens is 2. The van der Waals surface area contributed by atoms with Gasteiger partial charge in [0.05, 0.1) is 21.3 Å². The summed E-state index contributed by atoms with van der Waals surface area (Å²) < 4.78 is 1.82. The fourth-order valence-electron chi connectivity index (χ4n) is 3.05. The van der Waals surface area contributed by atoms with E-state index in [0.717, 1.165) is 34.4 Å². The van der Waals surface area contributed by atoms with E-state index in [0.29, 0.717) is 22.4 Å². The molecule has 25 heavy (non-hydrogen) atoms. The standard InChI is InChI=1S/C18H19ClN4OS/c1-10-12-8-16(17(24)21-14(9-20)11-6-7-11)25-18(12)23(22-10)15-5-3-2-4-13(15)19/h2-5,8,11,14H,6-7,9,20H2,1H3,(H,21,24). The minimum atomic E-state index is -0.0614. The number of hydrogen-bond donors (Lipinski definition) is 2. The van der Waals surface area contributed by atoms with Gasteiger partial charge in [-0.2, -0.15) is 5.10 Å². The molecular formula is C18H19ClN4OS. The minimum Gasteiger partial charge on any atom is -0.347 e. The molecule has 2 aromatic heterocycles. The highest BCUT2D eigenvalue weighted by Gasteiger charge is 2.32. The third-order valence-corrected chi connectivity index (χ3v) is 6.04. The summed E-state index contributed by atoms with van der Waals surface area (Å²) in [5, 5.41) is 9.27. The molecule has 5 nitrogen and oxygen atoms in total. The zero-order valence-electron chi connectivity index (χ0n) is 13.8. The maximum atomic E-state index is 12.6. The van der Waals surface area contributed by atoms with E-state index in [9.17, 15) is 4.79 Å². The molecule has 1 saturated carbocycles. The molecule has 130 valence electrons. The van der Waals surface area contributed by atoms with E-state index in [1.807, 2.05) is 41.9 Å². The van der Waals surface area contributed by atoms with E-state index >= 15 is 0 Å². The predicted octanol–water partition coefficient (Wildman–Crippen LogP) is 3.52. The van der Waals surface area contributed by atoms with Crippen LogP contribution >= 0.6 is 22.9 Å². The number of thiophene rings is 1. The lowest BCUT2D eigenvalue weighted by atomic mass is 10.2. The van der Waals surface area contributed by atoms with Crippen LogP contribution < -0.4 is 11.1 Å². The van der Waals surface area contributed by atoms with Crippen molar-refractivity contribution >= 4 is 39.1 Å². The molecule has 7 heteroatoms. The number of rotatable bonds is 5. The van der Waals surface area contributed by atoms with Crippen LogP contribution in [0.25, 0.3) is 15.9 Å². The molecular weight excluding hydrogens is 356 g/mol.